The molecule has 5 N–H and O–H groups in total. The maximum atomic E-state index is 12.6. The van der Waals surface area contributed by atoms with E-state index >= 15 is 0 Å². The van der Waals surface area contributed by atoms with E-state index in [1.165, 1.54) is 6.92 Å². The number of nitrogens with one attached hydrogen (secondary N) is 4. The molecule has 1 aliphatic carbocycles. The standard InChI is InChI=1S/C18H26N4O4/c1-10(19-17(25)26)15(23)21-13-7-5-6-12(14(13)20-11-8-9-11)16(24)22-18(2,3)4/h5-7,10-11,19-20H,8-9H2,1-4H3,(H,21,23)(H,22,24)(H,25,26). The first-order valence-corrected chi connectivity index (χ1v) is 8.59. The summed E-state index contributed by atoms with van der Waals surface area (Å²) < 4.78 is 0. The van der Waals surface area contributed by atoms with Crippen LogP contribution in [0.2, 0.25) is 0 Å². The van der Waals surface area contributed by atoms with E-state index in [0.29, 0.717) is 16.9 Å². The third-order valence-corrected chi connectivity index (χ3v) is 3.71. The molecule has 0 aliphatic heterocycles. The number of amides is 3. The van der Waals surface area contributed by atoms with Gasteiger partial charge in [-0.1, -0.05) is 6.07 Å². The van der Waals surface area contributed by atoms with Crippen molar-refractivity contribution in [2.24, 2.45) is 0 Å². The second-order valence-corrected chi connectivity index (χ2v) is 7.51. The van der Waals surface area contributed by atoms with Crippen molar-refractivity contribution in [3.8, 4) is 0 Å². The van der Waals surface area contributed by atoms with Gasteiger partial charge in [0.1, 0.15) is 6.04 Å². The molecule has 142 valence electrons. The Morgan fingerprint density at radius 1 is 1.19 bits per heavy atom. The van der Waals surface area contributed by atoms with Crippen molar-refractivity contribution in [2.45, 2.75) is 58.2 Å². The van der Waals surface area contributed by atoms with Crippen molar-refractivity contribution in [2.75, 3.05) is 10.6 Å². The van der Waals surface area contributed by atoms with Gasteiger partial charge < -0.3 is 26.4 Å². The van der Waals surface area contributed by atoms with Crippen LogP contribution in [0.5, 0.6) is 0 Å². The fraction of sp³-hybridized carbons (Fsp3) is 0.500. The lowest BCUT2D eigenvalue weighted by atomic mass is 10.1. The number of hydrogen-bond acceptors (Lipinski definition) is 4. The summed E-state index contributed by atoms with van der Waals surface area (Å²) in [5, 5.41) is 19.8. The quantitative estimate of drug-likeness (QED) is 0.532. The van der Waals surface area contributed by atoms with Gasteiger partial charge >= 0.3 is 6.09 Å². The summed E-state index contributed by atoms with van der Waals surface area (Å²) in [5.41, 5.74) is 1.03. The Kier molecular flexibility index (Phi) is 5.74. The molecule has 1 unspecified atom stereocenters. The van der Waals surface area contributed by atoms with Crippen LogP contribution in [0.15, 0.2) is 18.2 Å². The number of anilines is 2. The smallest absolute Gasteiger partial charge is 0.405 e. The molecule has 0 radical (unpaired) electrons. The number of benzene rings is 1. The van der Waals surface area contributed by atoms with Gasteiger partial charge in [-0.05, 0) is 52.7 Å². The number of rotatable bonds is 6. The molecule has 0 heterocycles. The molecule has 26 heavy (non-hydrogen) atoms. The normalized spacial score (nSPS) is 14.9. The fourth-order valence-corrected chi connectivity index (χ4v) is 2.33. The van der Waals surface area contributed by atoms with Crippen LogP contribution < -0.4 is 21.3 Å². The van der Waals surface area contributed by atoms with Crippen LogP contribution in [0.4, 0.5) is 16.2 Å². The predicted molar refractivity (Wildman–Crippen MR) is 99.6 cm³/mol. The van der Waals surface area contributed by atoms with Gasteiger partial charge in [0.2, 0.25) is 5.91 Å². The molecule has 1 aliphatic rings. The molecule has 1 fully saturated rings. The Hall–Kier alpha value is -2.77. The Labute approximate surface area is 152 Å². The monoisotopic (exact) mass is 362 g/mol. The van der Waals surface area contributed by atoms with Gasteiger partial charge in [0.05, 0.1) is 16.9 Å². The first-order chi connectivity index (χ1) is 12.1. The zero-order chi connectivity index (χ0) is 19.5. The molecule has 8 heteroatoms. The molecular formula is C18H26N4O4. The van der Waals surface area contributed by atoms with E-state index in [2.05, 4.69) is 21.3 Å². The summed E-state index contributed by atoms with van der Waals surface area (Å²) >= 11 is 0. The van der Waals surface area contributed by atoms with Gasteiger partial charge in [-0.25, -0.2) is 4.79 Å². The Balaban J connectivity index is 2.27. The topological polar surface area (TPSA) is 120 Å². The average molecular weight is 362 g/mol. The van der Waals surface area contributed by atoms with E-state index in [-0.39, 0.29) is 11.9 Å². The fourth-order valence-electron chi connectivity index (χ4n) is 2.33. The van der Waals surface area contributed by atoms with Crippen LogP contribution >= 0.6 is 0 Å². The molecule has 0 aromatic heterocycles. The minimum Gasteiger partial charge on any atom is -0.465 e. The zero-order valence-corrected chi connectivity index (χ0v) is 15.5. The largest absolute Gasteiger partial charge is 0.465 e. The van der Waals surface area contributed by atoms with Crippen LogP contribution in [0, 0.1) is 0 Å². The van der Waals surface area contributed by atoms with E-state index in [0.717, 1.165) is 12.8 Å². The van der Waals surface area contributed by atoms with Crippen molar-refractivity contribution in [3.63, 3.8) is 0 Å². The number of carboxylic acid groups (broad SMARTS) is 1. The molecule has 1 aromatic rings. The lowest BCUT2D eigenvalue weighted by molar-refractivity contribution is -0.117. The van der Waals surface area contributed by atoms with E-state index in [9.17, 15) is 14.4 Å². The number of hydrogen-bond donors (Lipinski definition) is 5. The number of carbonyl (C=O) groups excluding carboxylic acids is 2. The first kappa shape index (κ1) is 19.6. The minimum absolute atomic E-state index is 0.242. The summed E-state index contributed by atoms with van der Waals surface area (Å²) in [6.07, 6.45) is 0.724. The van der Waals surface area contributed by atoms with E-state index in [4.69, 9.17) is 5.11 Å². The summed E-state index contributed by atoms with van der Waals surface area (Å²) in [5.74, 6) is -0.743. The third-order valence-electron chi connectivity index (χ3n) is 3.71. The molecule has 1 aromatic carbocycles. The zero-order valence-electron chi connectivity index (χ0n) is 15.5. The first-order valence-electron chi connectivity index (χ1n) is 8.59. The predicted octanol–water partition coefficient (Wildman–Crippen LogP) is 2.38. The highest BCUT2D eigenvalue weighted by Gasteiger charge is 2.27. The van der Waals surface area contributed by atoms with E-state index in [1.807, 2.05) is 20.8 Å². The van der Waals surface area contributed by atoms with Gasteiger partial charge in [0.15, 0.2) is 0 Å². The molecule has 3 amide bonds. The lowest BCUT2D eigenvalue weighted by Crippen LogP contribution is -2.41. The molecule has 0 spiro atoms. The van der Waals surface area contributed by atoms with E-state index < -0.39 is 23.6 Å². The molecule has 0 saturated heterocycles. The highest BCUT2D eigenvalue weighted by molar-refractivity contribution is 6.06. The highest BCUT2D eigenvalue weighted by Crippen LogP contribution is 2.33. The maximum absolute atomic E-state index is 12.6. The minimum atomic E-state index is -1.28. The van der Waals surface area contributed by atoms with Crippen LogP contribution in [-0.4, -0.2) is 40.6 Å². The van der Waals surface area contributed by atoms with Crippen molar-refractivity contribution in [1.82, 2.24) is 10.6 Å². The molecule has 1 atom stereocenters. The van der Waals surface area contributed by atoms with Gasteiger partial charge in [-0.2, -0.15) is 0 Å². The van der Waals surface area contributed by atoms with Gasteiger partial charge in [0, 0.05) is 11.6 Å². The molecule has 8 nitrogen and oxygen atoms in total. The van der Waals surface area contributed by atoms with Gasteiger partial charge in [-0.15, -0.1) is 0 Å². The van der Waals surface area contributed by atoms with Crippen LogP contribution in [0.3, 0.4) is 0 Å². The summed E-state index contributed by atoms with van der Waals surface area (Å²) in [6.45, 7) is 7.13. The maximum Gasteiger partial charge on any atom is 0.405 e. The SMILES string of the molecule is CC(NC(=O)O)C(=O)Nc1cccc(C(=O)NC(C)(C)C)c1NC1CC1. The van der Waals surface area contributed by atoms with Gasteiger partial charge in [-0.3, -0.25) is 9.59 Å². The van der Waals surface area contributed by atoms with Crippen LogP contribution in [0.25, 0.3) is 0 Å². The van der Waals surface area contributed by atoms with Crippen molar-refractivity contribution in [1.29, 1.82) is 0 Å². The van der Waals surface area contributed by atoms with Crippen LogP contribution in [-0.2, 0) is 4.79 Å². The van der Waals surface area contributed by atoms with Crippen molar-refractivity contribution < 1.29 is 19.5 Å². The highest BCUT2D eigenvalue weighted by atomic mass is 16.4. The van der Waals surface area contributed by atoms with Crippen LogP contribution in [0.1, 0.15) is 50.9 Å². The molecule has 2 rings (SSSR count). The molecule has 1 saturated carbocycles. The molecule has 0 bridgehead atoms. The average Bonchev–Trinajstić information content (AvgIpc) is 3.30. The van der Waals surface area contributed by atoms with Gasteiger partial charge in [0.25, 0.3) is 5.91 Å². The lowest BCUT2D eigenvalue weighted by Gasteiger charge is -2.23. The molecular weight excluding hydrogens is 336 g/mol. The Morgan fingerprint density at radius 3 is 2.38 bits per heavy atom. The summed E-state index contributed by atoms with van der Waals surface area (Å²) in [7, 11) is 0. The number of para-hydroxylation sites is 1. The van der Waals surface area contributed by atoms with Crippen molar-refractivity contribution >= 4 is 29.3 Å². The second kappa shape index (κ2) is 7.63. The number of carbonyl (C=O) groups is 3. The Morgan fingerprint density at radius 2 is 1.85 bits per heavy atom. The Bertz CT molecular complexity index is 708. The summed E-state index contributed by atoms with van der Waals surface area (Å²) in [4.78, 5) is 35.6. The summed E-state index contributed by atoms with van der Waals surface area (Å²) in [6, 6.07) is 4.40. The van der Waals surface area contributed by atoms with Crippen molar-refractivity contribution in [3.05, 3.63) is 23.8 Å². The third kappa shape index (κ3) is 5.65. The second-order valence-electron chi connectivity index (χ2n) is 7.51. The van der Waals surface area contributed by atoms with E-state index in [1.54, 1.807) is 18.2 Å².